The maximum atomic E-state index is 14.4. The van der Waals surface area contributed by atoms with Gasteiger partial charge in [0, 0.05) is 17.9 Å². The number of ether oxygens (including phenoxy) is 2. The number of aromatic nitrogens is 2. The smallest absolute Gasteiger partial charge is 0.407 e. The van der Waals surface area contributed by atoms with E-state index in [0.29, 0.717) is 36.0 Å². The molecule has 1 saturated heterocycles. The summed E-state index contributed by atoms with van der Waals surface area (Å²) in [5, 5.41) is 4.88. The van der Waals surface area contributed by atoms with E-state index in [4.69, 9.17) is 19.4 Å². The zero-order valence-electron chi connectivity index (χ0n) is 31.2. The van der Waals surface area contributed by atoms with E-state index in [1.165, 1.54) is 11.0 Å². The Balaban J connectivity index is 1.24. The molecule has 1 aromatic heterocycles. The van der Waals surface area contributed by atoms with E-state index < -0.39 is 68.7 Å². The van der Waals surface area contributed by atoms with E-state index in [1.807, 2.05) is 48.5 Å². The summed E-state index contributed by atoms with van der Waals surface area (Å²) in [7, 11) is -3.90. The summed E-state index contributed by atoms with van der Waals surface area (Å²) < 4.78 is 39.7. The number of carbonyl (C=O) groups excluding carboxylic acids is 4. The van der Waals surface area contributed by atoms with Crippen LogP contribution in [-0.2, 0) is 35.6 Å². The van der Waals surface area contributed by atoms with E-state index in [2.05, 4.69) is 21.9 Å². The Morgan fingerprint density at radius 1 is 1.04 bits per heavy atom. The predicted molar refractivity (Wildman–Crippen MR) is 204 cm³/mol. The number of nitrogens with zero attached hydrogens (tertiary/aromatic N) is 3. The number of amides is 4. The van der Waals surface area contributed by atoms with Crippen molar-refractivity contribution < 1.29 is 37.1 Å². The lowest BCUT2D eigenvalue weighted by molar-refractivity contribution is -0.141. The monoisotopic (exact) mass is 772 g/mol. The zero-order valence-corrected chi connectivity index (χ0v) is 32.0. The third kappa shape index (κ3) is 8.31. The molecule has 3 heterocycles. The zero-order chi connectivity index (χ0) is 38.9. The first-order chi connectivity index (χ1) is 26.4. The number of carbonyl (C=O) groups is 4. The molecule has 14 nitrogen and oxygen atoms in total. The van der Waals surface area contributed by atoms with E-state index >= 15 is 0 Å². The number of hydrogen-bond donors (Lipinski definition) is 3. The fourth-order valence-corrected chi connectivity index (χ4v) is 8.83. The van der Waals surface area contributed by atoms with Gasteiger partial charge in [0.25, 0.3) is 5.91 Å². The van der Waals surface area contributed by atoms with Gasteiger partial charge in [0.05, 0.1) is 29.4 Å². The van der Waals surface area contributed by atoms with Gasteiger partial charge in [0.1, 0.15) is 29.4 Å². The van der Waals surface area contributed by atoms with Crippen molar-refractivity contribution in [2.45, 2.75) is 101 Å². The molecule has 4 amide bonds. The maximum Gasteiger partial charge on any atom is 0.407 e. The highest BCUT2D eigenvalue weighted by molar-refractivity contribution is 7.91. The van der Waals surface area contributed by atoms with Gasteiger partial charge in [-0.2, -0.15) is 0 Å². The number of rotatable bonds is 8. The molecule has 5 atom stereocenters. The molecule has 0 spiro atoms. The lowest BCUT2D eigenvalue weighted by Gasteiger charge is -2.31. The second-order valence-corrected chi connectivity index (χ2v) is 17.4. The molecule has 5 bridgehead atoms. The number of benzene rings is 2. The highest BCUT2D eigenvalue weighted by Gasteiger charge is 2.62. The van der Waals surface area contributed by atoms with Crippen molar-refractivity contribution in [1.82, 2.24) is 30.2 Å². The van der Waals surface area contributed by atoms with Crippen LogP contribution in [0.2, 0.25) is 0 Å². The van der Waals surface area contributed by atoms with E-state index in [0.717, 1.165) is 36.8 Å². The minimum Gasteiger partial charge on any atom is -0.471 e. The number of hydrogen-bond acceptors (Lipinski definition) is 10. The third-order valence-electron chi connectivity index (χ3n) is 10.9. The molecule has 2 aromatic carbocycles. The fourth-order valence-electron chi connectivity index (χ4n) is 7.47. The van der Waals surface area contributed by atoms with Crippen LogP contribution in [0.3, 0.4) is 0 Å². The Labute approximate surface area is 320 Å². The first-order valence-electron chi connectivity index (χ1n) is 19.2. The minimum absolute atomic E-state index is 0.0116. The highest BCUT2D eigenvalue weighted by Crippen LogP contribution is 2.45. The average molecular weight is 773 g/mol. The third-order valence-corrected chi connectivity index (χ3v) is 12.7. The minimum atomic E-state index is -3.90. The molecule has 2 aliphatic carbocycles. The average Bonchev–Trinajstić information content (AvgIpc) is 4.09. The van der Waals surface area contributed by atoms with Crippen molar-refractivity contribution in [1.29, 1.82) is 0 Å². The van der Waals surface area contributed by atoms with Crippen LogP contribution >= 0.6 is 0 Å². The summed E-state index contributed by atoms with van der Waals surface area (Å²) in [6.07, 6.45) is 5.33. The Morgan fingerprint density at radius 2 is 1.80 bits per heavy atom. The van der Waals surface area contributed by atoms with Gasteiger partial charge in [-0.15, -0.1) is 6.58 Å². The van der Waals surface area contributed by atoms with Gasteiger partial charge in [-0.1, -0.05) is 69.2 Å². The van der Waals surface area contributed by atoms with Crippen molar-refractivity contribution in [2.75, 3.05) is 13.2 Å². The Morgan fingerprint density at radius 3 is 2.51 bits per heavy atom. The van der Waals surface area contributed by atoms with Crippen LogP contribution in [0.5, 0.6) is 5.88 Å². The first-order valence-corrected chi connectivity index (χ1v) is 20.7. The van der Waals surface area contributed by atoms with Gasteiger partial charge < -0.3 is 25.0 Å². The molecule has 3 fully saturated rings. The van der Waals surface area contributed by atoms with Crippen LogP contribution in [0.1, 0.15) is 70.8 Å². The molecule has 0 radical (unpaired) electrons. The summed E-state index contributed by atoms with van der Waals surface area (Å²) in [4.78, 5) is 66.6. The summed E-state index contributed by atoms with van der Waals surface area (Å²) in [6.45, 7) is 7.49. The van der Waals surface area contributed by atoms with Crippen molar-refractivity contribution >= 4 is 44.9 Å². The second-order valence-electron chi connectivity index (χ2n) is 15.4. The molecule has 3 aromatic rings. The number of aryl methyl sites for hydroxylation is 1. The van der Waals surface area contributed by atoms with Gasteiger partial charge in [0.2, 0.25) is 27.7 Å². The van der Waals surface area contributed by atoms with Gasteiger partial charge in [-0.25, -0.2) is 23.2 Å². The maximum absolute atomic E-state index is 14.4. The summed E-state index contributed by atoms with van der Waals surface area (Å²) in [5.41, 5.74) is 2.15. The van der Waals surface area contributed by atoms with Crippen molar-refractivity contribution in [3.05, 3.63) is 66.7 Å². The standard InChI is InChI=1S/C40H48N6O8S/c1-4-27-22-40(27,38(49)45-55(51,52)29-16-17-29)44-35(47)32-21-28-23-46(32)37(48)33(24(2)3)43-39(50)53-19-11-6-5-8-12-25-15-18-30-31(20-25)42-36(54-28)34(41-30)26-13-9-7-10-14-26/h4,7,9-10,13-15,18,20,24,27-29,32-33H,1,5-6,8,11-12,16-17,19,21-23H2,2-3H3,(H,43,50)(H,44,47)(H,45,49)/t27-,28-,32+,33+,40+/m1/s1. The van der Waals surface area contributed by atoms with Gasteiger partial charge in [-0.3, -0.25) is 19.1 Å². The van der Waals surface area contributed by atoms with Crippen molar-refractivity contribution in [3.8, 4) is 17.1 Å². The SMILES string of the molecule is C=C[C@@H]1C[C@@]1(NC(=O)[C@@H]1C[C@@H]2CN1C(=O)[C@H](C(C)C)NC(=O)OCCCCCCc1ccc3nc(-c4ccccc4)c(nc3c1)O2)C(=O)NS(=O)(=O)C1CC1. The van der Waals surface area contributed by atoms with Crippen LogP contribution in [0, 0.1) is 11.8 Å². The van der Waals surface area contributed by atoms with Gasteiger partial charge in [0.15, 0.2) is 0 Å². The Bertz CT molecular complexity index is 2090. The van der Waals surface area contributed by atoms with Crippen LogP contribution in [0.15, 0.2) is 61.2 Å². The van der Waals surface area contributed by atoms with Crippen molar-refractivity contribution in [3.63, 3.8) is 0 Å². The van der Waals surface area contributed by atoms with E-state index in [1.54, 1.807) is 13.8 Å². The molecule has 2 saturated carbocycles. The molecule has 3 N–H and O–H groups in total. The largest absolute Gasteiger partial charge is 0.471 e. The van der Waals surface area contributed by atoms with E-state index in [9.17, 15) is 27.6 Å². The number of fused-ring (bicyclic) bond motifs is 4. The fraction of sp³-hybridized carbons (Fsp3) is 0.500. The topological polar surface area (TPSA) is 186 Å². The first kappa shape index (κ1) is 38.2. The Hall–Kier alpha value is -5.05. The normalized spacial score (nSPS) is 26.2. The molecular formula is C40H48N6O8S. The molecule has 4 aliphatic rings. The molecule has 2 aliphatic heterocycles. The summed E-state index contributed by atoms with van der Waals surface area (Å²) in [6, 6.07) is 13.3. The number of alkyl carbamates (subject to hydrolysis) is 1. The van der Waals surface area contributed by atoms with Gasteiger partial charge in [-0.05, 0) is 62.1 Å². The Kier molecular flexibility index (Phi) is 10.8. The number of nitrogens with one attached hydrogen (secondary N) is 3. The predicted octanol–water partition coefficient (Wildman–Crippen LogP) is 4.18. The molecular weight excluding hydrogens is 725 g/mol. The lowest BCUT2D eigenvalue weighted by atomic mass is 10.0. The number of cyclic esters (lactones) is 1. The van der Waals surface area contributed by atoms with Crippen LogP contribution < -0.4 is 20.1 Å². The lowest BCUT2D eigenvalue weighted by Crippen LogP contribution is -2.59. The summed E-state index contributed by atoms with van der Waals surface area (Å²) in [5.74, 6) is -2.70. The second kappa shape index (κ2) is 15.6. The van der Waals surface area contributed by atoms with Crippen molar-refractivity contribution in [2.24, 2.45) is 11.8 Å². The molecule has 292 valence electrons. The van der Waals surface area contributed by atoms with E-state index in [-0.39, 0.29) is 37.8 Å². The highest BCUT2D eigenvalue weighted by atomic mass is 32.2. The molecule has 0 unspecified atom stereocenters. The molecule has 55 heavy (non-hydrogen) atoms. The summed E-state index contributed by atoms with van der Waals surface area (Å²) >= 11 is 0. The van der Waals surface area contributed by atoms with Gasteiger partial charge >= 0.3 is 6.09 Å². The quantitative estimate of drug-likeness (QED) is 0.281. The van der Waals surface area contributed by atoms with Crippen LogP contribution in [0.4, 0.5) is 4.79 Å². The van der Waals surface area contributed by atoms with Crippen LogP contribution in [0.25, 0.3) is 22.3 Å². The number of sulfonamides is 1. The van der Waals surface area contributed by atoms with Crippen LogP contribution in [-0.4, -0.2) is 89.2 Å². The molecule has 7 rings (SSSR count). The molecule has 15 heteroatoms.